The average molecular weight is 1210 g/mol. The molecule has 10 N–H and O–H groups in total. The minimum atomic E-state index is -1.30. The van der Waals surface area contributed by atoms with Crippen molar-refractivity contribution >= 4 is 63.4 Å². The number of aromatic amines is 2. The number of hydrogen-bond donors (Lipinski definition) is 9. The lowest BCUT2D eigenvalue weighted by Gasteiger charge is -2.47. The van der Waals surface area contributed by atoms with Crippen LogP contribution >= 0.6 is 11.6 Å². The molecule has 460 valence electrons. The number of halogens is 1. The van der Waals surface area contributed by atoms with E-state index >= 15 is 0 Å². The van der Waals surface area contributed by atoms with E-state index < -0.39 is 83.5 Å². The molecule has 24 nitrogen and oxygen atoms in total. The molecule has 6 heterocycles. The number of fused-ring (bicyclic) bond motifs is 3. The fraction of sp³-hybridized carbons (Fsp3) is 0.435. The van der Waals surface area contributed by atoms with Gasteiger partial charge in [-0.05, 0) is 112 Å². The summed E-state index contributed by atoms with van der Waals surface area (Å²) in [6.07, 6.45) is 6.24. The summed E-state index contributed by atoms with van der Waals surface area (Å²) >= 11 is 6.10. The van der Waals surface area contributed by atoms with Crippen LogP contribution < -0.4 is 38.2 Å². The first-order valence-corrected chi connectivity index (χ1v) is 29.4. The number of benzodiazepines with no additional fused rings is 1. The summed E-state index contributed by atoms with van der Waals surface area (Å²) in [6.45, 7) is 8.51. The Morgan fingerprint density at radius 1 is 0.966 bits per heavy atom. The van der Waals surface area contributed by atoms with Crippen LogP contribution in [0.3, 0.4) is 0 Å². The number of carbonyl (C=O) groups excluding carboxylic acids is 4. The van der Waals surface area contributed by atoms with E-state index in [1.165, 1.54) is 17.2 Å². The van der Waals surface area contributed by atoms with Gasteiger partial charge in [0.2, 0.25) is 17.7 Å². The van der Waals surface area contributed by atoms with Crippen LogP contribution in [0.4, 0.5) is 5.69 Å². The van der Waals surface area contributed by atoms with Crippen LogP contribution in [0.25, 0.3) is 21.3 Å². The number of aromatic nitrogens is 4. The summed E-state index contributed by atoms with van der Waals surface area (Å²) in [7, 11) is 1.76. The smallest absolute Gasteiger partial charge is 0.330 e. The number of aliphatic hydroxyl groups is 2. The minimum Gasteiger partial charge on any atom is -0.394 e. The second kappa shape index (κ2) is 29.7. The first kappa shape index (κ1) is 64.5. The lowest BCUT2D eigenvalue weighted by molar-refractivity contribution is -0.133. The van der Waals surface area contributed by atoms with Gasteiger partial charge in [0.1, 0.15) is 23.8 Å². The van der Waals surface area contributed by atoms with Crippen molar-refractivity contribution in [1.29, 1.82) is 0 Å². The standard InChI is InChI=1S/C38H50N6O5.C14H13ClN4.C10H13N5O4/c1-38(2,3)43-37(49)32-20-26-14-7-8-15-27(26)22-44(32)23-33(45)30(19-24-11-5-4-6-12-24)41-36(48)31(21-34(39)46)42-35(47)29-18-17-25-13-9-10-16-28(25)40-29;1-16-13-8-18-14(12-3-2-6-17-12)10-7-9(15)4-5-11(10)19-13;1-5-3-15(10(18)12-9(5)17)8-2-6(13-14-11)7(4-16)19-8/h4-6,9-13,16-18,26-27,30-33,45H,7-8,14-15,19-23H2,1-3H3,(H2,39,46)(H,41,48)(H,42,47)(H,43,49);2-7,17H,8H2,1H3,(H,16,19);3,6-8,16H,2,4H2,1H3,(H,12,17,18)/t26-,27+,30-,31?,32-,33+;;6-,7+,8+/m0.0/s1. The number of carbonyl (C=O) groups is 4. The quantitative estimate of drug-likeness (QED) is 0.0313. The van der Waals surface area contributed by atoms with E-state index in [0.717, 1.165) is 65.1 Å². The third-order valence-electron chi connectivity index (χ3n) is 15.7. The van der Waals surface area contributed by atoms with Gasteiger partial charge in [-0.25, -0.2) is 9.78 Å². The molecule has 0 spiro atoms. The molecular formula is C62H76ClN15O9. The number of ether oxygens (including phenoxy) is 1. The number of primary amides is 1. The van der Waals surface area contributed by atoms with Gasteiger partial charge < -0.3 is 46.9 Å². The maximum absolute atomic E-state index is 13.8. The molecular weight excluding hydrogens is 1130 g/mol. The van der Waals surface area contributed by atoms with Crippen LogP contribution in [0.15, 0.2) is 134 Å². The second-order valence-electron chi connectivity index (χ2n) is 23.2. The molecule has 3 fully saturated rings. The summed E-state index contributed by atoms with van der Waals surface area (Å²) in [5, 5.41) is 38.1. The third-order valence-corrected chi connectivity index (χ3v) is 16.0. The Balaban J connectivity index is 0.000000209. The summed E-state index contributed by atoms with van der Waals surface area (Å²) < 4.78 is 6.69. The van der Waals surface area contributed by atoms with Crippen molar-refractivity contribution in [2.24, 2.45) is 32.7 Å². The number of para-hydroxylation sites is 1. The molecule has 10 rings (SSSR count). The minimum absolute atomic E-state index is 0.0566. The van der Waals surface area contributed by atoms with Gasteiger partial charge in [0, 0.05) is 76.6 Å². The van der Waals surface area contributed by atoms with Crippen molar-refractivity contribution in [3.8, 4) is 0 Å². The van der Waals surface area contributed by atoms with Gasteiger partial charge in [0.05, 0.1) is 66.8 Å². The number of amidine groups is 1. The number of likely N-dealkylation sites (tertiary alicyclic amines) is 1. The molecule has 1 unspecified atom stereocenters. The Morgan fingerprint density at radius 2 is 1.71 bits per heavy atom. The number of piperidine rings is 1. The van der Waals surface area contributed by atoms with Gasteiger partial charge in [-0.15, -0.1) is 0 Å². The lowest BCUT2D eigenvalue weighted by atomic mass is 9.72. The molecule has 6 aromatic rings. The summed E-state index contributed by atoms with van der Waals surface area (Å²) in [4.78, 5) is 99.1. The number of aliphatic hydroxyl groups excluding tert-OH is 2. The van der Waals surface area contributed by atoms with E-state index in [0.29, 0.717) is 41.0 Å². The summed E-state index contributed by atoms with van der Waals surface area (Å²) in [6, 6.07) is 26.8. The highest BCUT2D eigenvalue weighted by Gasteiger charge is 2.42. The zero-order valence-corrected chi connectivity index (χ0v) is 50.1. The highest BCUT2D eigenvalue weighted by Crippen LogP contribution is 2.39. The SMILES string of the molecule is CC(C)(C)NC(=O)[C@@H]1C[C@@H]2CCCC[C@@H]2CN1C[C@@H](O)[C@H](Cc1ccccc1)NC(=O)C(CC(N)=O)NC(=O)c1ccc2ccccc2n1.CN=C1CN=C(c2ccc[nH]2)c2cc(Cl)ccc2N1.Cc1cn([C@H]2C[C@H](N=[N+]=[N-])[C@@H](CO)O2)c(=O)[nH]c1=O. The topological polar surface area (TPSA) is 352 Å². The number of amides is 4. The summed E-state index contributed by atoms with van der Waals surface area (Å²) in [5.41, 5.74) is 18.3. The molecule has 3 aromatic carbocycles. The second-order valence-corrected chi connectivity index (χ2v) is 23.7. The van der Waals surface area contributed by atoms with Crippen LogP contribution in [0.1, 0.15) is 105 Å². The van der Waals surface area contributed by atoms with E-state index in [1.807, 2.05) is 106 Å². The summed E-state index contributed by atoms with van der Waals surface area (Å²) in [5.74, 6) is -0.357. The van der Waals surface area contributed by atoms with Gasteiger partial charge in [0.25, 0.3) is 11.5 Å². The number of benzene rings is 3. The van der Waals surface area contributed by atoms with Gasteiger partial charge >= 0.3 is 5.69 Å². The normalized spacial score (nSPS) is 21.4. The number of H-pyrrole nitrogens is 2. The van der Waals surface area contributed by atoms with Crippen LogP contribution in [0.2, 0.25) is 5.02 Å². The molecule has 87 heavy (non-hydrogen) atoms. The highest BCUT2D eigenvalue weighted by atomic mass is 35.5. The number of azide groups is 1. The molecule has 0 bridgehead atoms. The number of pyridine rings is 1. The van der Waals surface area contributed by atoms with E-state index in [2.05, 4.69) is 61.1 Å². The molecule has 25 heteroatoms. The van der Waals surface area contributed by atoms with E-state index in [1.54, 1.807) is 32.2 Å². The molecule has 1 aliphatic carbocycles. The van der Waals surface area contributed by atoms with Crippen molar-refractivity contribution in [3.63, 3.8) is 0 Å². The van der Waals surface area contributed by atoms with Crippen molar-refractivity contribution in [2.45, 2.75) is 127 Å². The average Bonchev–Trinajstić information content (AvgIpc) is 3.74. The van der Waals surface area contributed by atoms with Crippen molar-refractivity contribution in [1.82, 2.24) is 40.4 Å². The number of nitrogens with zero attached hydrogens (tertiary/aromatic N) is 8. The molecule has 3 aliphatic heterocycles. The molecule has 4 amide bonds. The fourth-order valence-corrected chi connectivity index (χ4v) is 11.6. The highest BCUT2D eigenvalue weighted by molar-refractivity contribution is 6.32. The van der Waals surface area contributed by atoms with Crippen LogP contribution in [-0.4, -0.2) is 145 Å². The lowest BCUT2D eigenvalue weighted by Crippen LogP contribution is -2.61. The number of rotatable bonds is 16. The molecule has 4 aliphatic rings. The molecule has 2 saturated heterocycles. The van der Waals surface area contributed by atoms with Gasteiger partial charge in [-0.2, -0.15) is 0 Å². The number of nitrogens with one attached hydrogen (secondary N) is 6. The van der Waals surface area contributed by atoms with Crippen molar-refractivity contribution in [2.75, 3.05) is 38.6 Å². The van der Waals surface area contributed by atoms with Crippen LogP contribution in [-0.2, 0) is 25.5 Å². The van der Waals surface area contributed by atoms with Crippen LogP contribution in [0.5, 0.6) is 0 Å². The van der Waals surface area contributed by atoms with Crippen molar-refractivity contribution < 1.29 is 34.1 Å². The van der Waals surface area contributed by atoms with Crippen molar-refractivity contribution in [3.05, 3.63) is 174 Å². The largest absolute Gasteiger partial charge is 0.394 e. The number of nitrogens with two attached hydrogens (primary N) is 1. The Morgan fingerprint density at radius 3 is 2.41 bits per heavy atom. The molecule has 0 radical (unpaired) electrons. The zero-order valence-electron chi connectivity index (χ0n) is 49.4. The van der Waals surface area contributed by atoms with E-state index in [-0.39, 0.29) is 37.6 Å². The number of β-amino-alcohol motifs (C(OH)–C–C–N with tert-alkyl or cyclic N) is 1. The maximum atomic E-state index is 13.8. The first-order chi connectivity index (χ1) is 41.7. The van der Waals surface area contributed by atoms with Gasteiger partial charge in [0.15, 0.2) is 0 Å². The van der Waals surface area contributed by atoms with Gasteiger partial charge in [-0.1, -0.05) is 90.6 Å². The number of aryl methyl sites for hydroxylation is 1. The molecule has 3 aromatic heterocycles. The Bertz CT molecular complexity index is 3620. The maximum Gasteiger partial charge on any atom is 0.330 e. The number of hydrogen-bond acceptors (Lipinski definition) is 14. The predicted molar refractivity (Wildman–Crippen MR) is 333 cm³/mol. The van der Waals surface area contributed by atoms with Gasteiger partial charge in [-0.3, -0.25) is 48.4 Å². The fourth-order valence-electron chi connectivity index (χ4n) is 11.4. The Hall–Kier alpha value is -8.51. The number of aliphatic imine (C=N–C) groups is 2. The Labute approximate surface area is 508 Å². The monoisotopic (exact) mass is 1210 g/mol. The van der Waals surface area contributed by atoms with E-state index in [4.69, 9.17) is 32.7 Å². The predicted octanol–water partition coefficient (Wildman–Crippen LogP) is 5.86. The molecule has 1 saturated carbocycles. The zero-order chi connectivity index (χ0) is 62.4. The molecule has 9 atom stereocenters. The van der Waals surface area contributed by atoms with E-state index in [9.17, 15) is 33.9 Å². The Kier molecular flexibility index (Phi) is 22.0. The number of anilines is 1. The first-order valence-electron chi connectivity index (χ1n) is 29.1. The third kappa shape index (κ3) is 17.4. The van der Waals surface area contributed by atoms with Crippen LogP contribution in [0, 0.1) is 18.8 Å².